The van der Waals surface area contributed by atoms with Gasteiger partial charge in [0.05, 0.1) is 25.3 Å². The molecular formula is C28H36N2O5. The van der Waals surface area contributed by atoms with Crippen LogP contribution in [-0.2, 0) is 9.59 Å². The van der Waals surface area contributed by atoms with E-state index in [9.17, 15) is 14.7 Å². The number of benzene rings is 2. The third-order valence-electron chi connectivity index (χ3n) is 6.00. The minimum absolute atomic E-state index is 0.0691. The van der Waals surface area contributed by atoms with Gasteiger partial charge in [0.15, 0.2) is 0 Å². The van der Waals surface area contributed by atoms with Crippen LogP contribution in [0.4, 0.5) is 0 Å². The summed E-state index contributed by atoms with van der Waals surface area (Å²) in [6, 6.07) is 11.8. The number of hydrogen-bond donors (Lipinski definition) is 1. The number of ether oxygens (including phenoxy) is 2. The van der Waals surface area contributed by atoms with E-state index < -0.39 is 17.7 Å². The van der Waals surface area contributed by atoms with Crippen LogP contribution in [0.15, 0.2) is 48.0 Å². The van der Waals surface area contributed by atoms with Gasteiger partial charge in [-0.05, 0) is 69.7 Å². The molecule has 1 aliphatic rings. The summed E-state index contributed by atoms with van der Waals surface area (Å²) in [6.07, 6.45) is 0.687. The monoisotopic (exact) mass is 480 g/mol. The number of aliphatic hydroxyl groups excluding tert-OH is 1. The molecule has 7 heteroatoms. The van der Waals surface area contributed by atoms with Crippen molar-refractivity contribution in [3.63, 3.8) is 0 Å². The Morgan fingerprint density at radius 2 is 1.83 bits per heavy atom. The molecule has 0 spiro atoms. The number of carbonyl (C=O) groups is 2. The summed E-state index contributed by atoms with van der Waals surface area (Å²) in [5, 5.41) is 11.4. The maximum atomic E-state index is 13.3. The summed E-state index contributed by atoms with van der Waals surface area (Å²) in [4.78, 5) is 30.0. The molecule has 0 aliphatic carbocycles. The summed E-state index contributed by atoms with van der Waals surface area (Å²) in [5.74, 6) is 0.146. The SMILES string of the molecule is COc1ccccc1[C@@H]1C(=C(O)c2ccc(OCC(C)C)c(C)c2)C(=O)C(=O)N1CCCN(C)C. The van der Waals surface area contributed by atoms with Crippen LogP contribution < -0.4 is 9.47 Å². The highest BCUT2D eigenvalue weighted by atomic mass is 16.5. The highest BCUT2D eigenvalue weighted by molar-refractivity contribution is 6.46. The average molecular weight is 481 g/mol. The Labute approximate surface area is 207 Å². The fourth-order valence-electron chi connectivity index (χ4n) is 4.25. The number of amides is 1. The number of Topliss-reactive ketones (excluding diaryl/α,β-unsaturated/α-hetero) is 1. The van der Waals surface area contributed by atoms with Crippen molar-refractivity contribution < 1.29 is 24.2 Å². The Morgan fingerprint density at radius 1 is 1.11 bits per heavy atom. The first-order valence-electron chi connectivity index (χ1n) is 12.0. The molecule has 35 heavy (non-hydrogen) atoms. The molecule has 0 aromatic heterocycles. The van der Waals surface area contributed by atoms with Crippen LogP contribution in [-0.4, -0.2) is 67.5 Å². The average Bonchev–Trinajstić information content (AvgIpc) is 3.07. The lowest BCUT2D eigenvalue weighted by Crippen LogP contribution is -2.32. The molecule has 0 radical (unpaired) electrons. The molecule has 1 heterocycles. The van der Waals surface area contributed by atoms with Crippen LogP contribution in [0.1, 0.15) is 43.0 Å². The van der Waals surface area contributed by atoms with Gasteiger partial charge in [0.2, 0.25) is 0 Å². The van der Waals surface area contributed by atoms with Crippen molar-refractivity contribution in [1.29, 1.82) is 0 Å². The Morgan fingerprint density at radius 3 is 2.46 bits per heavy atom. The van der Waals surface area contributed by atoms with E-state index in [1.165, 1.54) is 0 Å². The van der Waals surface area contributed by atoms with Crippen LogP contribution >= 0.6 is 0 Å². The Balaban J connectivity index is 2.08. The Kier molecular flexibility index (Phi) is 8.57. The van der Waals surface area contributed by atoms with E-state index in [0.29, 0.717) is 42.4 Å². The lowest BCUT2D eigenvalue weighted by atomic mass is 9.94. The molecular weight excluding hydrogens is 444 g/mol. The number of rotatable bonds is 10. The second kappa shape index (κ2) is 11.4. The quantitative estimate of drug-likeness (QED) is 0.308. The minimum atomic E-state index is -0.745. The molecule has 1 aliphatic heterocycles. The summed E-state index contributed by atoms with van der Waals surface area (Å²) in [7, 11) is 5.47. The maximum absolute atomic E-state index is 13.3. The molecule has 2 aromatic carbocycles. The van der Waals surface area contributed by atoms with Crippen molar-refractivity contribution in [3.05, 3.63) is 64.7 Å². The molecule has 1 saturated heterocycles. The fourth-order valence-corrected chi connectivity index (χ4v) is 4.25. The van der Waals surface area contributed by atoms with Gasteiger partial charge in [-0.2, -0.15) is 0 Å². The predicted octanol–water partition coefficient (Wildman–Crippen LogP) is 4.41. The number of ketones is 1. The highest BCUT2D eigenvalue weighted by Crippen LogP contribution is 2.43. The molecule has 3 rings (SSSR count). The first-order valence-corrected chi connectivity index (χ1v) is 12.0. The van der Waals surface area contributed by atoms with Gasteiger partial charge in [-0.3, -0.25) is 9.59 Å². The zero-order chi connectivity index (χ0) is 25.7. The molecule has 2 aromatic rings. The van der Waals surface area contributed by atoms with Crippen LogP contribution in [0, 0.1) is 12.8 Å². The van der Waals surface area contributed by atoms with Crippen molar-refractivity contribution in [2.45, 2.75) is 33.2 Å². The largest absolute Gasteiger partial charge is 0.507 e. The van der Waals surface area contributed by atoms with Crippen LogP contribution in [0.2, 0.25) is 0 Å². The Hall–Kier alpha value is -3.32. The number of aryl methyl sites for hydroxylation is 1. The van der Waals surface area contributed by atoms with Gasteiger partial charge >= 0.3 is 0 Å². The van der Waals surface area contributed by atoms with Crippen molar-refractivity contribution >= 4 is 17.4 Å². The number of carbonyl (C=O) groups excluding carboxylic acids is 2. The highest BCUT2D eigenvalue weighted by Gasteiger charge is 2.46. The lowest BCUT2D eigenvalue weighted by molar-refractivity contribution is -0.140. The first kappa shape index (κ1) is 26.3. The van der Waals surface area contributed by atoms with Crippen LogP contribution in [0.25, 0.3) is 5.76 Å². The van der Waals surface area contributed by atoms with Gasteiger partial charge in [0.1, 0.15) is 17.3 Å². The first-order chi connectivity index (χ1) is 16.6. The van der Waals surface area contributed by atoms with E-state index >= 15 is 0 Å². The van der Waals surface area contributed by atoms with Crippen molar-refractivity contribution in [1.82, 2.24) is 9.80 Å². The molecule has 0 saturated carbocycles. The van der Waals surface area contributed by atoms with Gasteiger partial charge in [-0.25, -0.2) is 0 Å². The van der Waals surface area contributed by atoms with Gasteiger partial charge in [0, 0.05) is 17.7 Å². The number of methoxy groups -OCH3 is 1. The molecule has 0 unspecified atom stereocenters. The third kappa shape index (κ3) is 5.85. The van der Waals surface area contributed by atoms with Crippen molar-refractivity contribution in [3.8, 4) is 11.5 Å². The van der Waals surface area contributed by atoms with E-state index in [-0.39, 0.29) is 11.3 Å². The number of hydrogen-bond acceptors (Lipinski definition) is 6. The zero-order valence-electron chi connectivity index (χ0n) is 21.5. The normalized spacial score (nSPS) is 17.5. The third-order valence-corrected chi connectivity index (χ3v) is 6.00. The number of nitrogens with zero attached hydrogens (tertiary/aromatic N) is 2. The predicted molar refractivity (Wildman–Crippen MR) is 137 cm³/mol. The summed E-state index contributed by atoms with van der Waals surface area (Å²) >= 11 is 0. The van der Waals surface area contributed by atoms with E-state index in [0.717, 1.165) is 17.9 Å². The van der Waals surface area contributed by atoms with E-state index in [1.807, 2.05) is 44.1 Å². The summed E-state index contributed by atoms with van der Waals surface area (Å²) in [6.45, 7) is 7.76. The maximum Gasteiger partial charge on any atom is 0.295 e. The van der Waals surface area contributed by atoms with Crippen molar-refractivity contribution in [2.75, 3.05) is 40.9 Å². The minimum Gasteiger partial charge on any atom is -0.507 e. The van der Waals surface area contributed by atoms with Crippen LogP contribution in [0.3, 0.4) is 0 Å². The molecule has 1 fully saturated rings. The number of para-hydroxylation sites is 1. The second-order valence-corrected chi connectivity index (χ2v) is 9.58. The lowest BCUT2D eigenvalue weighted by Gasteiger charge is -2.27. The van der Waals surface area contributed by atoms with E-state index in [1.54, 1.807) is 36.3 Å². The Bertz CT molecular complexity index is 1110. The van der Waals surface area contributed by atoms with Gasteiger partial charge in [-0.15, -0.1) is 0 Å². The fraction of sp³-hybridized carbons (Fsp3) is 0.429. The molecule has 7 nitrogen and oxygen atoms in total. The number of aliphatic hydroxyl groups is 1. The summed E-state index contributed by atoms with van der Waals surface area (Å²) < 4.78 is 11.4. The summed E-state index contributed by atoms with van der Waals surface area (Å²) in [5.41, 5.74) is 2.03. The van der Waals surface area contributed by atoms with Gasteiger partial charge in [-0.1, -0.05) is 32.0 Å². The molecule has 1 atom stereocenters. The smallest absolute Gasteiger partial charge is 0.295 e. The van der Waals surface area contributed by atoms with Gasteiger partial charge < -0.3 is 24.4 Å². The molecule has 188 valence electrons. The zero-order valence-corrected chi connectivity index (χ0v) is 21.5. The van der Waals surface area contributed by atoms with Gasteiger partial charge in [0.25, 0.3) is 11.7 Å². The van der Waals surface area contributed by atoms with E-state index in [2.05, 4.69) is 13.8 Å². The van der Waals surface area contributed by atoms with E-state index in [4.69, 9.17) is 9.47 Å². The molecule has 1 amide bonds. The number of likely N-dealkylation sites (tertiary alicyclic amines) is 1. The van der Waals surface area contributed by atoms with Crippen LogP contribution in [0.5, 0.6) is 11.5 Å². The van der Waals surface area contributed by atoms with Crippen molar-refractivity contribution in [2.24, 2.45) is 5.92 Å². The standard InChI is InChI=1S/C28H36N2O5/c1-18(2)17-35-22-13-12-20(16-19(22)3)26(31)24-25(21-10-7-8-11-23(21)34-6)30(28(33)27(24)32)15-9-14-29(4)5/h7-8,10-13,16,18,25,31H,9,14-15,17H2,1-6H3/t25-/m1/s1. The second-order valence-electron chi connectivity index (χ2n) is 9.58. The topological polar surface area (TPSA) is 79.3 Å². The molecule has 0 bridgehead atoms. The molecule has 1 N–H and O–H groups in total.